The Bertz CT molecular complexity index is 374. The second-order valence-electron chi connectivity index (χ2n) is 4.21. The van der Waals surface area contributed by atoms with Gasteiger partial charge in [-0.2, -0.15) is 0 Å². The molecule has 19 heavy (non-hydrogen) atoms. The van der Waals surface area contributed by atoms with Gasteiger partial charge in [-0.1, -0.05) is 0 Å². The van der Waals surface area contributed by atoms with Crippen molar-refractivity contribution in [3.8, 4) is 0 Å². The number of nitrogens with one attached hydrogen (secondary N) is 1. The second-order valence-corrected chi connectivity index (χ2v) is 4.21. The Balaban J connectivity index is 2.50. The van der Waals surface area contributed by atoms with E-state index in [0.717, 1.165) is 25.5 Å². The van der Waals surface area contributed by atoms with Crippen LogP contribution in [0.5, 0.6) is 0 Å². The maximum atomic E-state index is 12.0. The highest BCUT2D eigenvalue weighted by molar-refractivity contribution is 5.76. The fourth-order valence-corrected chi connectivity index (χ4v) is 1.85. The quantitative estimate of drug-likeness (QED) is 0.662. The number of imidazole rings is 1. The Hall–Kier alpha value is -1.40. The molecular formula is C13H24N4O2. The lowest BCUT2D eigenvalue weighted by molar-refractivity contribution is -0.131. The number of amides is 1. The third kappa shape index (κ3) is 5.00. The van der Waals surface area contributed by atoms with Gasteiger partial charge in [0.05, 0.1) is 13.2 Å². The molecule has 0 aliphatic rings. The van der Waals surface area contributed by atoms with Gasteiger partial charge < -0.3 is 19.5 Å². The smallest absolute Gasteiger partial charge is 0.242 e. The summed E-state index contributed by atoms with van der Waals surface area (Å²) in [7, 11) is 1.67. The lowest BCUT2D eigenvalue weighted by Crippen LogP contribution is -2.34. The molecule has 1 N–H and O–H groups in total. The van der Waals surface area contributed by atoms with E-state index >= 15 is 0 Å². The van der Waals surface area contributed by atoms with Crippen LogP contribution in [0.3, 0.4) is 0 Å². The molecule has 0 atom stereocenters. The summed E-state index contributed by atoms with van der Waals surface area (Å²) in [5, 5.41) is 3.23. The Kier molecular flexibility index (Phi) is 7.14. The van der Waals surface area contributed by atoms with Crippen LogP contribution in [0.15, 0.2) is 12.4 Å². The SMILES string of the molecule is CCN(CC)C(=O)Cn1ccnc1CNCCOC. The number of aromatic nitrogens is 2. The third-order valence-corrected chi connectivity index (χ3v) is 2.99. The molecule has 0 spiro atoms. The van der Waals surface area contributed by atoms with Gasteiger partial charge in [-0.15, -0.1) is 0 Å². The minimum Gasteiger partial charge on any atom is -0.383 e. The molecular weight excluding hydrogens is 244 g/mol. The standard InChI is InChI=1S/C13H24N4O2/c1-4-16(5-2)13(18)11-17-8-6-15-12(17)10-14-7-9-19-3/h6,8,14H,4-5,7,9-11H2,1-3H3. The molecule has 0 aliphatic heterocycles. The van der Waals surface area contributed by atoms with E-state index in [4.69, 9.17) is 4.74 Å². The summed E-state index contributed by atoms with van der Waals surface area (Å²) in [6, 6.07) is 0. The van der Waals surface area contributed by atoms with E-state index in [-0.39, 0.29) is 5.91 Å². The van der Waals surface area contributed by atoms with Crippen molar-refractivity contribution >= 4 is 5.91 Å². The summed E-state index contributed by atoms with van der Waals surface area (Å²) >= 11 is 0. The van der Waals surface area contributed by atoms with Crippen molar-refractivity contribution in [3.63, 3.8) is 0 Å². The van der Waals surface area contributed by atoms with Gasteiger partial charge in [-0.3, -0.25) is 4.79 Å². The fourth-order valence-electron chi connectivity index (χ4n) is 1.85. The average Bonchev–Trinajstić information content (AvgIpc) is 2.83. The van der Waals surface area contributed by atoms with Crippen molar-refractivity contribution in [2.45, 2.75) is 26.9 Å². The number of hydrogen-bond donors (Lipinski definition) is 1. The van der Waals surface area contributed by atoms with Crippen LogP contribution in [-0.2, 0) is 22.6 Å². The van der Waals surface area contributed by atoms with Crippen molar-refractivity contribution in [3.05, 3.63) is 18.2 Å². The number of nitrogens with zero attached hydrogens (tertiary/aromatic N) is 3. The first-order chi connectivity index (χ1) is 9.22. The van der Waals surface area contributed by atoms with Crippen molar-refractivity contribution in [2.24, 2.45) is 0 Å². The largest absolute Gasteiger partial charge is 0.383 e. The van der Waals surface area contributed by atoms with E-state index in [9.17, 15) is 4.79 Å². The zero-order chi connectivity index (χ0) is 14.1. The van der Waals surface area contributed by atoms with E-state index in [1.807, 2.05) is 29.5 Å². The maximum Gasteiger partial charge on any atom is 0.242 e. The molecule has 6 heteroatoms. The van der Waals surface area contributed by atoms with Gasteiger partial charge in [0.2, 0.25) is 5.91 Å². The molecule has 0 saturated heterocycles. The molecule has 1 amide bonds. The minimum atomic E-state index is 0.126. The predicted octanol–water partition coefficient (Wildman–Crippen LogP) is 0.488. The summed E-state index contributed by atoms with van der Waals surface area (Å²) in [6.45, 7) is 7.89. The predicted molar refractivity (Wildman–Crippen MR) is 73.7 cm³/mol. The van der Waals surface area contributed by atoms with E-state index in [0.29, 0.717) is 19.7 Å². The van der Waals surface area contributed by atoms with Crippen molar-refractivity contribution < 1.29 is 9.53 Å². The number of methoxy groups -OCH3 is 1. The highest BCUT2D eigenvalue weighted by atomic mass is 16.5. The highest BCUT2D eigenvalue weighted by Gasteiger charge is 2.12. The third-order valence-electron chi connectivity index (χ3n) is 2.99. The van der Waals surface area contributed by atoms with Crippen LogP contribution < -0.4 is 5.32 Å². The molecule has 1 aromatic heterocycles. The molecule has 108 valence electrons. The van der Waals surface area contributed by atoms with Gasteiger partial charge in [0.1, 0.15) is 12.4 Å². The summed E-state index contributed by atoms with van der Waals surface area (Å²) in [4.78, 5) is 18.1. The summed E-state index contributed by atoms with van der Waals surface area (Å²) in [6.07, 6.45) is 3.57. The van der Waals surface area contributed by atoms with E-state index in [2.05, 4.69) is 10.3 Å². The normalized spacial score (nSPS) is 10.7. The van der Waals surface area contributed by atoms with E-state index < -0.39 is 0 Å². The van der Waals surface area contributed by atoms with Gasteiger partial charge in [0.25, 0.3) is 0 Å². The molecule has 0 fully saturated rings. The Morgan fingerprint density at radius 3 is 2.84 bits per heavy atom. The lowest BCUT2D eigenvalue weighted by atomic mass is 10.4. The molecule has 1 rings (SSSR count). The number of hydrogen-bond acceptors (Lipinski definition) is 4. The van der Waals surface area contributed by atoms with Crippen molar-refractivity contribution in [1.82, 2.24) is 19.8 Å². The number of ether oxygens (including phenoxy) is 1. The topological polar surface area (TPSA) is 59.4 Å². The Morgan fingerprint density at radius 1 is 1.47 bits per heavy atom. The van der Waals surface area contributed by atoms with Crippen LogP contribution in [0.2, 0.25) is 0 Å². The summed E-state index contributed by atoms with van der Waals surface area (Å²) < 4.78 is 6.86. The minimum absolute atomic E-state index is 0.126. The van der Waals surface area contributed by atoms with Crippen LogP contribution in [0, 0.1) is 0 Å². The van der Waals surface area contributed by atoms with Crippen LogP contribution in [0.25, 0.3) is 0 Å². The van der Waals surface area contributed by atoms with Gasteiger partial charge in [0, 0.05) is 39.1 Å². The second kappa shape index (κ2) is 8.66. The first kappa shape index (κ1) is 15.7. The van der Waals surface area contributed by atoms with Crippen molar-refractivity contribution in [2.75, 3.05) is 33.4 Å². The molecule has 1 aromatic rings. The number of carbonyl (C=O) groups excluding carboxylic acids is 1. The van der Waals surface area contributed by atoms with E-state index in [1.165, 1.54) is 0 Å². The number of likely N-dealkylation sites (N-methyl/N-ethyl adjacent to an activating group) is 1. The van der Waals surface area contributed by atoms with Crippen LogP contribution >= 0.6 is 0 Å². The van der Waals surface area contributed by atoms with Crippen LogP contribution in [0.1, 0.15) is 19.7 Å². The van der Waals surface area contributed by atoms with Gasteiger partial charge >= 0.3 is 0 Å². The number of rotatable bonds is 9. The molecule has 6 nitrogen and oxygen atoms in total. The molecule has 0 radical (unpaired) electrons. The molecule has 0 aromatic carbocycles. The zero-order valence-corrected chi connectivity index (χ0v) is 12.1. The van der Waals surface area contributed by atoms with Crippen LogP contribution in [-0.4, -0.2) is 53.7 Å². The molecule has 0 unspecified atom stereocenters. The molecule has 0 bridgehead atoms. The highest BCUT2D eigenvalue weighted by Crippen LogP contribution is 2.00. The van der Waals surface area contributed by atoms with E-state index in [1.54, 1.807) is 13.3 Å². The number of carbonyl (C=O) groups is 1. The van der Waals surface area contributed by atoms with Crippen molar-refractivity contribution in [1.29, 1.82) is 0 Å². The molecule has 0 saturated carbocycles. The fraction of sp³-hybridized carbons (Fsp3) is 0.692. The van der Waals surface area contributed by atoms with Gasteiger partial charge in [-0.25, -0.2) is 4.98 Å². The molecule has 0 aliphatic carbocycles. The molecule has 1 heterocycles. The van der Waals surface area contributed by atoms with Gasteiger partial charge in [0.15, 0.2) is 0 Å². The maximum absolute atomic E-state index is 12.0. The Morgan fingerprint density at radius 2 is 2.21 bits per heavy atom. The zero-order valence-electron chi connectivity index (χ0n) is 12.1. The first-order valence-corrected chi connectivity index (χ1v) is 6.70. The van der Waals surface area contributed by atoms with Gasteiger partial charge in [-0.05, 0) is 13.8 Å². The summed E-state index contributed by atoms with van der Waals surface area (Å²) in [5.74, 6) is 0.998. The Labute approximate surface area is 114 Å². The summed E-state index contributed by atoms with van der Waals surface area (Å²) in [5.41, 5.74) is 0. The monoisotopic (exact) mass is 268 g/mol. The van der Waals surface area contributed by atoms with Crippen LogP contribution in [0.4, 0.5) is 0 Å². The lowest BCUT2D eigenvalue weighted by Gasteiger charge is -2.19. The first-order valence-electron chi connectivity index (χ1n) is 6.70. The average molecular weight is 268 g/mol.